The number of rotatable bonds is 3. The molecule has 8 nitrogen and oxygen atoms in total. The highest BCUT2D eigenvalue weighted by Crippen LogP contribution is 2.25. The lowest BCUT2D eigenvalue weighted by Crippen LogP contribution is -2.60. The van der Waals surface area contributed by atoms with Gasteiger partial charge in [0, 0.05) is 19.6 Å². The van der Waals surface area contributed by atoms with E-state index in [-0.39, 0.29) is 13.1 Å². The first kappa shape index (κ1) is 13.2. The van der Waals surface area contributed by atoms with Gasteiger partial charge < -0.3 is 5.32 Å². The topological polar surface area (TPSA) is 108 Å². The molecule has 0 aromatic rings. The minimum absolute atomic E-state index is 0.0279. The molecule has 0 aliphatic carbocycles. The number of hydrogen-bond acceptors (Lipinski definition) is 4. The SMILES string of the molecule is CCNS(=O)(=O)N1CCCC2(C1)NC(=O)NC2=O. The van der Waals surface area contributed by atoms with Crippen LogP contribution in [0.3, 0.4) is 0 Å². The van der Waals surface area contributed by atoms with Gasteiger partial charge in [0.25, 0.3) is 16.1 Å². The van der Waals surface area contributed by atoms with Crippen molar-refractivity contribution in [3.05, 3.63) is 0 Å². The normalized spacial score (nSPS) is 29.4. The van der Waals surface area contributed by atoms with Gasteiger partial charge >= 0.3 is 6.03 Å². The molecule has 2 aliphatic heterocycles. The van der Waals surface area contributed by atoms with E-state index in [0.717, 1.165) is 0 Å². The van der Waals surface area contributed by atoms with E-state index in [9.17, 15) is 18.0 Å². The standard InChI is InChI=1S/C9H16N4O4S/c1-2-10-18(16,17)13-5-3-4-9(6-13)7(14)11-8(15)12-9/h10H,2-6H2,1H3,(H2,11,12,14,15). The van der Waals surface area contributed by atoms with Crippen molar-refractivity contribution in [3.8, 4) is 0 Å². The molecule has 18 heavy (non-hydrogen) atoms. The number of carbonyl (C=O) groups excluding carboxylic acids is 2. The lowest BCUT2D eigenvalue weighted by molar-refractivity contribution is -0.125. The van der Waals surface area contributed by atoms with Gasteiger partial charge in [-0.25, -0.2) is 9.52 Å². The Morgan fingerprint density at radius 2 is 2.17 bits per heavy atom. The molecule has 0 aromatic carbocycles. The summed E-state index contributed by atoms with van der Waals surface area (Å²) in [4.78, 5) is 22.9. The Labute approximate surface area is 105 Å². The van der Waals surface area contributed by atoms with Crippen LogP contribution in [0.1, 0.15) is 19.8 Å². The number of hydrogen-bond donors (Lipinski definition) is 3. The Balaban J connectivity index is 2.19. The van der Waals surface area contributed by atoms with Crippen LogP contribution in [0.15, 0.2) is 0 Å². The Hall–Kier alpha value is -1.19. The third-order valence-electron chi connectivity index (χ3n) is 3.14. The Morgan fingerprint density at radius 1 is 1.44 bits per heavy atom. The maximum atomic E-state index is 11.9. The van der Waals surface area contributed by atoms with Crippen LogP contribution >= 0.6 is 0 Å². The van der Waals surface area contributed by atoms with Crippen molar-refractivity contribution in [3.63, 3.8) is 0 Å². The van der Waals surface area contributed by atoms with Gasteiger partial charge in [-0.1, -0.05) is 6.92 Å². The zero-order chi connectivity index (χ0) is 13.4. The highest BCUT2D eigenvalue weighted by Gasteiger charge is 2.50. The van der Waals surface area contributed by atoms with Crippen LogP contribution in [-0.2, 0) is 15.0 Å². The van der Waals surface area contributed by atoms with E-state index in [1.54, 1.807) is 6.92 Å². The molecule has 102 valence electrons. The van der Waals surface area contributed by atoms with Crippen LogP contribution in [0.2, 0.25) is 0 Å². The van der Waals surface area contributed by atoms with Crippen LogP contribution < -0.4 is 15.4 Å². The summed E-state index contributed by atoms with van der Waals surface area (Å²) in [6.45, 7) is 2.28. The van der Waals surface area contributed by atoms with E-state index in [0.29, 0.717) is 19.4 Å². The van der Waals surface area contributed by atoms with Gasteiger partial charge in [-0.15, -0.1) is 0 Å². The van der Waals surface area contributed by atoms with Gasteiger partial charge in [0.1, 0.15) is 5.54 Å². The van der Waals surface area contributed by atoms with Crippen molar-refractivity contribution in [1.29, 1.82) is 0 Å². The quantitative estimate of drug-likeness (QED) is 0.546. The summed E-state index contributed by atoms with van der Waals surface area (Å²) in [5, 5.41) is 4.68. The summed E-state index contributed by atoms with van der Waals surface area (Å²) in [6, 6.07) is -0.567. The maximum Gasteiger partial charge on any atom is 0.322 e. The molecule has 2 fully saturated rings. The third-order valence-corrected chi connectivity index (χ3v) is 4.78. The molecule has 2 rings (SSSR count). The van der Waals surface area contributed by atoms with E-state index < -0.39 is 27.7 Å². The van der Waals surface area contributed by atoms with Crippen LogP contribution in [0.4, 0.5) is 4.79 Å². The first-order valence-corrected chi connectivity index (χ1v) is 7.22. The molecule has 1 spiro atoms. The second-order valence-electron chi connectivity index (χ2n) is 4.43. The van der Waals surface area contributed by atoms with Crippen LogP contribution in [0, 0.1) is 0 Å². The fourth-order valence-corrected chi connectivity index (χ4v) is 3.62. The summed E-state index contributed by atoms with van der Waals surface area (Å²) in [7, 11) is -3.59. The van der Waals surface area contributed by atoms with E-state index in [1.165, 1.54) is 4.31 Å². The van der Waals surface area contributed by atoms with E-state index in [2.05, 4.69) is 15.4 Å². The van der Waals surface area contributed by atoms with Gasteiger partial charge in [-0.3, -0.25) is 10.1 Å². The van der Waals surface area contributed by atoms with Crippen LogP contribution in [0.25, 0.3) is 0 Å². The Morgan fingerprint density at radius 3 is 2.72 bits per heavy atom. The Kier molecular flexibility index (Phi) is 3.30. The van der Waals surface area contributed by atoms with E-state index in [1.807, 2.05) is 0 Å². The fraction of sp³-hybridized carbons (Fsp3) is 0.778. The zero-order valence-corrected chi connectivity index (χ0v) is 10.8. The van der Waals surface area contributed by atoms with Crippen molar-refractivity contribution in [2.24, 2.45) is 0 Å². The smallest absolute Gasteiger partial charge is 0.322 e. The fourth-order valence-electron chi connectivity index (χ4n) is 2.31. The summed E-state index contributed by atoms with van der Waals surface area (Å²) in [5.41, 5.74) is -1.11. The molecule has 3 N–H and O–H groups in total. The van der Waals surface area contributed by atoms with Crippen LogP contribution in [0.5, 0.6) is 0 Å². The molecule has 0 bridgehead atoms. The van der Waals surface area contributed by atoms with Gasteiger partial charge in [-0.05, 0) is 12.8 Å². The molecule has 0 radical (unpaired) electrons. The largest absolute Gasteiger partial charge is 0.322 e. The summed E-state index contributed by atoms with van der Waals surface area (Å²) >= 11 is 0. The molecule has 0 saturated carbocycles. The van der Waals surface area contributed by atoms with Gasteiger partial charge in [-0.2, -0.15) is 12.7 Å². The average molecular weight is 276 g/mol. The number of nitrogens with zero attached hydrogens (tertiary/aromatic N) is 1. The third kappa shape index (κ3) is 2.20. The summed E-state index contributed by atoms with van der Waals surface area (Å²) in [5.74, 6) is -0.455. The second-order valence-corrected chi connectivity index (χ2v) is 6.19. The number of nitrogens with one attached hydrogen (secondary N) is 3. The zero-order valence-electron chi connectivity index (χ0n) is 10.0. The van der Waals surface area contributed by atoms with E-state index >= 15 is 0 Å². The molecule has 1 atom stereocenters. The Bertz CT molecular complexity index is 477. The monoisotopic (exact) mass is 276 g/mol. The summed E-state index contributed by atoms with van der Waals surface area (Å²) < 4.78 is 27.3. The lowest BCUT2D eigenvalue weighted by Gasteiger charge is -2.36. The van der Waals surface area contributed by atoms with Crippen molar-refractivity contribution in [1.82, 2.24) is 19.7 Å². The predicted octanol–water partition coefficient (Wildman–Crippen LogP) is -1.49. The highest BCUT2D eigenvalue weighted by atomic mass is 32.2. The summed E-state index contributed by atoms with van der Waals surface area (Å²) in [6.07, 6.45) is 0.973. The first-order chi connectivity index (χ1) is 8.39. The minimum Gasteiger partial charge on any atom is -0.322 e. The van der Waals surface area contributed by atoms with Crippen molar-refractivity contribution >= 4 is 22.1 Å². The molecule has 0 aromatic heterocycles. The van der Waals surface area contributed by atoms with Crippen LogP contribution in [-0.4, -0.2) is 49.8 Å². The molecule has 2 aliphatic rings. The molecule has 9 heteroatoms. The number of imide groups is 1. The van der Waals surface area contributed by atoms with E-state index in [4.69, 9.17) is 0 Å². The molecular weight excluding hydrogens is 260 g/mol. The van der Waals surface area contributed by atoms with Gasteiger partial charge in [0.05, 0.1) is 0 Å². The number of carbonyl (C=O) groups is 2. The minimum atomic E-state index is -3.59. The molecule has 2 saturated heterocycles. The van der Waals surface area contributed by atoms with Crippen molar-refractivity contribution < 1.29 is 18.0 Å². The molecule has 1 unspecified atom stereocenters. The average Bonchev–Trinajstić information content (AvgIpc) is 2.53. The van der Waals surface area contributed by atoms with Crippen molar-refractivity contribution in [2.75, 3.05) is 19.6 Å². The van der Waals surface area contributed by atoms with Crippen molar-refractivity contribution in [2.45, 2.75) is 25.3 Å². The number of piperidine rings is 1. The first-order valence-electron chi connectivity index (χ1n) is 5.78. The molecular formula is C9H16N4O4S. The highest BCUT2D eigenvalue weighted by molar-refractivity contribution is 7.87. The predicted molar refractivity (Wildman–Crippen MR) is 62.8 cm³/mol. The number of urea groups is 1. The maximum absolute atomic E-state index is 11.9. The lowest BCUT2D eigenvalue weighted by atomic mass is 9.90. The number of amides is 3. The molecule has 3 amide bonds. The second kappa shape index (κ2) is 4.48. The van der Waals surface area contributed by atoms with Gasteiger partial charge in [0.15, 0.2) is 0 Å². The molecule has 2 heterocycles. The van der Waals surface area contributed by atoms with Gasteiger partial charge in [0.2, 0.25) is 0 Å².